The first kappa shape index (κ1) is 13.6. The summed E-state index contributed by atoms with van der Waals surface area (Å²) in [5.41, 5.74) is -0.741. The number of aromatic nitrogens is 2. The maximum Gasteiger partial charge on any atom is 0.329 e. The van der Waals surface area contributed by atoms with Crippen LogP contribution in [0.3, 0.4) is 0 Å². The number of nitrogens with zero attached hydrogens (tertiary/aromatic N) is 3. The number of aryl methyl sites for hydroxylation is 1. The predicted octanol–water partition coefficient (Wildman–Crippen LogP) is 1.28. The van der Waals surface area contributed by atoms with E-state index in [9.17, 15) is 14.7 Å². The smallest absolute Gasteiger partial charge is 0.329 e. The van der Waals surface area contributed by atoms with Gasteiger partial charge in [-0.2, -0.15) is 5.10 Å². The van der Waals surface area contributed by atoms with Gasteiger partial charge in [-0.1, -0.05) is 13.3 Å². The Bertz CT molecular complexity index is 497. The highest BCUT2D eigenvalue weighted by molar-refractivity contribution is 5.96. The number of carboxylic acids is 1. The second kappa shape index (κ2) is 5.03. The molecule has 0 aromatic carbocycles. The minimum atomic E-state index is -1.05. The number of carboxylic acid groups (broad SMARTS) is 1. The number of aliphatic carboxylic acids is 1. The van der Waals surface area contributed by atoms with Crippen molar-refractivity contribution in [3.63, 3.8) is 0 Å². The van der Waals surface area contributed by atoms with Crippen LogP contribution in [0.1, 0.15) is 43.1 Å². The van der Waals surface area contributed by atoms with Gasteiger partial charge < -0.3 is 10.0 Å². The number of hydrogen-bond donors (Lipinski definition) is 1. The normalized spacial score (nSPS) is 22.7. The van der Waals surface area contributed by atoms with Gasteiger partial charge in [0.05, 0.1) is 0 Å². The van der Waals surface area contributed by atoms with E-state index in [-0.39, 0.29) is 5.91 Å². The molecule has 6 nitrogen and oxygen atoms in total. The van der Waals surface area contributed by atoms with Crippen LogP contribution in [-0.4, -0.2) is 43.7 Å². The van der Waals surface area contributed by atoms with Crippen LogP contribution in [0.2, 0.25) is 0 Å². The monoisotopic (exact) mass is 265 g/mol. The van der Waals surface area contributed by atoms with Crippen LogP contribution in [0, 0.1) is 0 Å². The minimum Gasteiger partial charge on any atom is -0.479 e. The molecular formula is C13H19N3O3. The summed E-state index contributed by atoms with van der Waals surface area (Å²) in [6.45, 7) is 2.42. The minimum absolute atomic E-state index is 0.283. The summed E-state index contributed by atoms with van der Waals surface area (Å²) in [6.07, 6.45) is 4.16. The number of carbonyl (C=O) groups excluding carboxylic acids is 1. The van der Waals surface area contributed by atoms with Crippen molar-refractivity contribution in [2.45, 2.75) is 38.1 Å². The fourth-order valence-electron chi connectivity index (χ4n) is 2.84. The lowest BCUT2D eigenvalue weighted by atomic mass is 9.90. The van der Waals surface area contributed by atoms with Crippen LogP contribution >= 0.6 is 0 Å². The topological polar surface area (TPSA) is 75.4 Å². The molecule has 104 valence electrons. The fourth-order valence-corrected chi connectivity index (χ4v) is 2.84. The van der Waals surface area contributed by atoms with Crippen molar-refractivity contribution in [3.8, 4) is 0 Å². The van der Waals surface area contributed by atoms with Gasteiger partial charge in [0.25, 0.3) is 5.91 Å². The fraction of sp³-hybridized carbons (Fsp3) is 0.615. The molecule has 6 heteroatoms. The molecule has 1 unspecified atom stereocenters. The van der Waals surface area contributed by atoms with E-state index < -0.39 is 11.5 Å². The number of hydrogen-bond acceptors (Lipinski definition) is 3. The first-order valence-corrected chi connectivity index (χ1v) is 6.56. The van der Waals surface area contributed by atoms with Crippen molar-refractivity contribution < 1.29 is 14.7 Å². The number of likely N-dealkylation sites (tertiary alicyclic amines) is 1. The summed E-state index contributed by atoms with van der Waals surface area (Å²) in [6, 6.07) is 1.62. The molecule has 0 radical (unpaired) electrons. The van der Waals surface area contributed by atoms with Crippen molar-refractivity contribution in [1.29, 1.82) is 0 Å². The quantitative estimate of drug-likeness (QED) is 0.889. The zero-order valence-corrected chi connectivity index (χ0v) is 11.3. The summed E-state index contributed by atoms with van der Waals surface area (Å²) < 4.78 is 1.55. The number of amides is 1. The first-order valence-electron chi connectivity index (χ1n) is 6.56. The molecule has 0 aliphatic carbocycles. The van der Waals surface area contributed by atoms with Crippen LogP contribution in [0.5, 0.6) is 0 Å². The van der Waals surface area contributed by atoms with Gasteiger partial charge in [-0.15, -0.1) is 0 Å². The molecule has 1 aromatic heterocycles. The summed E-state index contributed by atoms with van der Waals surface area (Å²) in [7, 11) is 1.73. The van der Waals surface area contributed by atoms with Crippen molar-refractivity contribution in [2.24, 2.45) is 7.05 Å². The molecular weight excluding hydrogens is 246 g/mol. The maximum atomic E-state index is 12.4. The summed E-state index contributed by atoms with van der Waals surface area (Å²) in [5, 5.41) is 13.6. The van der Waals surface area contributed by atoms with Gasteiger partial charge >= 0.3 is 5.97 Å². The summed E-state index contributed by atoms with van der Waals surface area (Å²) in [4.78, 5) is 25.6. The Morgan fingerprint density at radius 3 is 2.79 bits per heavy atom. The van der Waals surface area contributed by atoms with Gasteiger partial charge in [-0.3, -0.25) is 9.48 Å². The van der Waals surface area contributed by atoms with Crippen LogP contribution in [0.4, 0.5) is 0 Å². The third kappa shape index (κ3) is 2.22. The second-order valence-corrected chi connectivity index (χ2v) is 5.02. The third-order valence-corrected chi connectivity index (χ3v) is 3.73. The lowest BCUT2D eigenvalue weighted by Gasteiger charge is -2.34. The number of rotatable bonds is 4. The molecule has 0 saturated carbocycles. The molecule has 1 N–H and O–H groups in total. The average molecular weight is 265 g/mol. The number of carbonyl (C=O) groups is 2. The molecule has 1 amide bonds. The highest BCUT2D eigenvalue weighted by Gasteiger charge is 2.49. The zero-order valence-electron chi connectivity index (χ0n) is 11.3. The summed E-state index contributed by atoms with van der Waals surface area (Å²) in [5.74, 6) is -1.19. The van der Waals surface area contributed by atoms with Crippen molar-refractivity contribution in [3.05, 3.63) is 18.0 Å². The van der Waals surface area contributed by atoms with Gasteiger partial charge in [0, 0.05) is 19.8 Å². The zero-order chi connectivity index (χ0) is 14.0. The molecule has 1 aliphatic rings. The van der Waals surface area contributed by atoms with Crippen molar-refractivity contribution >= 4 is 11.9 Å². The van der Waals surface area contributed by atoms with Gasteiger partial charge in [0.15, 0.2) is 0 Å². The maximum absolute atomic E-state index is 12.4. The molecule has 19 heavy (non-hydrogen) atoms. The van der Waals surface area contributed by atoms with E-state index in [1.54, 1.807) is 24.0 Å². The Balaban J connectivity index is 2.31. The van der Waals surface area contributed by atoms with Gasteiger partial charge in [0.1, 0.15) is 11.2 Å². The molecule has 1 aliphatic heterocycles. The molecule has 1 fully saturated rings. The van der Waals surface area contributed by atoms with E-state index in [4.69, 9.17) is 0 Å². The highest BCUT2D eigenvalue weighted by atomic mass is 16.4. The van der Waals surface area contributed by atoms with E-state index in [0.717, 1.165) is 12.8 Å². The van der Waals surface area contributed by atoms with Crippen molar-refractivity contribution in [2.75, 3.05) is 6.54 Å². The van der Waals surface area contributed by atoms with Crippen molar-refractivity contribution in [1.82, 2.24) is 14.7 Å². The SMILES string of the molecule is CCCC1(C(=O)O)CCCN1C(=O)c1ccn(C)n1. The molecule has 2 heterocycles. The molecule has 1 atom stereocenters. The van der Waals surface area contributed by atoms with Gasteiger partial charge in [0.2, 0.25) is 0 Å². The summed E-state index contributed by atoms with van der Waals surface area (Å²) >= 11 is 0. The Labute approximate surface area is 112 Å². The Hall–Kier alpha value is -1.85. The molecule has 0 bridgehead atoms. The molecule has 1 aromatic rings. The molecule has 0 spiro atoms. The van der Waals surface area contributed by atoms with Crippen LogP contribution in [-0.2, 0) is 11.8 Å². The third-order valence-electron chi connectivity index (χ3n) is 3.73. The van der Waals surface area contributed by atoms with Crippen LogP contribution in [0.15, 0.2) is 12.3 Å². The Morgan fingerprint density at radius 2 is 2.26 bits per heavy atom. The lowest BCUT2D eigenvalue weighted by molar-refractivity contribution is -0.148. The van der Waals surface area contributed by atoms with Crippen LogP contribution in [0.25, 0.3) is 0 Å². The Kier molecular flexibility index (Phi) is 3.59. The first-order chi connectivity index (χ1) is 9.01. The average Bonchev–Trinajstić information content (AvgIpc) is 2.96. The van der Waals surface area contributed by atoms with Gasteiger partial charge in [-0.05, 0) is 25.3 Å². The largest absolute Gasteiger partial charge is 0.479 e. The van der Waals surface area contributed by atoms with E-state index >= 15 is 0 Å². The molecule has 2 rings (SSSR count). The van der Waals surface area contributed by atoms with E-state index in [2.05, 4.69) is 5.10 Å². The predicted molar refractivity (Wildman–Crippen MR) is 68.8 cm³/mol. The van der Waals surface area contributed by atoms with E-state index in [0.29, 0.717) is 25.1 Å². The second-order valence-electron chi connectivity index (χ2n) is 5.02. The lowest BCUT2D eigenvalue weighted by Crippen LogP contribution is -2.53. The van der Waals surface area contributed by atoms with E-state index in [1.165, 1.54) is 4.90 Å². The van der Waals surface area contributed by atoms with E-state index in [1.807, 2.05) is 6.92 Å². The van der Waals surface area contributed by atoms with Crippen LogP contribution < -0.4 is 0 Å². The Morgan fingerprint density at radius 1 is 1.53 bits per heavy atom. The highest BCUT2D eigenvalue weighted by Crippen LogP contribution is 2.35. The van der Waals surface area contributed by atoms with Gasteiger partial charge in [-0.25, -0.2) is 4.79 Å². The molecule has 1 saturated heterocycles. The standard InChI is InChI=1S/C13H19N3O3/c1-3-6-13(12(18)19)7-4-8-16(13)11(17)10-5-9-15(2)14-10/h5,9H,3-4,6-8H2,1-2H3,(H,18,19).